The van der Waals surface area contributed by atoms with Gasteiger partial charge in [0.1, 0.15) is 0 Å². The van der Waals surface area contributed by atoms with Crippen LogP contribution in [-0.2, 0) is 12.6 Å². The molecule has 0 radical (unpaired) electrons. The summed E-state index contributed by atoms with van der Waals surface area (Å²) in [5.41, 5.74) is 0.00498. The van der Waals surface area contributed by atoms with E-state index in [-0.39, 0.29) is 17.9 Å². The molecule has 0 saturated heterocycles. The molecule has 0 aliphatic heterocycles. The van der Waals surface area contributed by atoms with Crippen LogP contribution in [0.15, 0.2) is 58.0 Å². The van der Waals surface area contributed by atoms with Crippen LogP contribution in [0, 0.1) is 0 Å². The molecule has 4 nitrogen and oxygen atoms in total. The summed E-state index contributed by atoms with van der Waals surface area (Å²) in [6, 6.07) is 8.01. The van der Waals surface area contributed by atoms with E-state index in [1.807, 2.05) is 0 Å². The number of pyridine rings is 1. The van der Waals surface area contributed by atoms with Gasteiger partial charge in [-0.1, -0.05) is 18.2 Å². The lowest BCUT2D eigenvalue weighted by atomic mass is 10.1. The number of aromatic amines is 1. The van der Waals surface area contributed by atoms with Crippen molar-refractivity contribution in [3.63, 3.8) is 0 Å². The SMILES string of the molecule is O=c1cc(-c2cnc(Cc3cccc(C(F)(F)F)c3)o2)cc[nH]1. The zero-order chi connectivity index (χ0) is 16.4. The molecule has 0 aliphatic rings. The van der Waals surface area contributed by atoms with Crippen LogP contribution in [-0.4, -0.2) is 9.97 Å². The van der Waals surface area contributed by atoms with E-state index in [4.69, 9.17) is 4.42 Å². The highest BCUT2D eigenvalue weighted by Crippen LogP contribution is 2.30. The highest BCUT2D eigenvalue weighted by molar-refractivity contribution is 5.55. The highest BCUT2D eigenvalue weighted by Gasteiger charge is 2.30. The normalized spacial score (nSPS) is 11.6. The van der Waals surface area contributed by atoms with E-state index in [2.05, 4.69) is 9.97 Å². The maximum Gasteiger partial charge on any atom is 0.416 e. The molecule has 2 heterocycles. The third-order valence-electron chi connectivity index (χ3n) is 3.22. The molecule has 1 N–H and O–H groups in total. The Morgan fingerprint density at radius 3 is 2.74 bits per heavy atom. The molecule has 0 atom stereocenters. The van der Waals surface area contributed by atoms with E-state index < -0.39 is 11.7 Å². The van der Waals surface area contributed by atoms with Gasteiger partial charge in [0, 0.05) is 24.2 Å². The summed E-state index contributed by atoms with van der Waals surface area (Å²) >= 11 is 0. The number of oxazole rings is 1. The molecule has 23 heavy (non-hydrogen) atoms. The predicted octanol–water partition coefficient (Wildman–Crippen LogP) is 3.64. The minimum atomic E-state index is -4.39. The van der Waals surface area contributed by atoms with Crippen molar-refractivity contribution in [2.75, 3.05) is 0 Å². The van der Waals surface area contributed by atoms with E-state index in [0.717, 1.165) is 12.1 Å². The smallest absolute Gasteiger partial charge is 0.416 e. The molecular weight excluding hydrogens is 309 g/mol. The van der Waals surface area contributed by atoms with Gasteiger partial charge in [-0.15, -0.1) is 0 Å². The van der Waals surface area contributed by atoms with Gasteiger partial charge in [0.15, 0.2) is 11.7 Å². The Hall–Kier alpha value is -2.83. The average molecular weight is 320 g/mol. The van der Waals surface area contributed by atoms with Crippen molar-refractivity contribution in [2.45, 2.75) is 12.6 Å². The molecule has 2 aromatic heterocycles. The predicted molar refractivity (Wildman–Crippen MR) is 76.8 cm³/mol. The summed E-state index contributed by atoms with van der Waals surface area (Å²) in [6.07, 6.45) is -1.33. The number of hydrogen-bond donors (Lipinski definition) is 1. The molecular formula is C16H11F3N2O2. The molecule has 0 bridgehead atoms. The Morgan fingerprint density at radius 2 is 2.00 bits per heavy atom. The molecule has 3 rings (SSSR count). The van der Waals surface area contributed by atoms with Crippen LogP contribution in [0.3, 0.4) is 0 Å². The fourth-order valence-electron chi connectivity index (χ4n) is 2.16. The lowest BCUT2D eigenvalue weighted by Gasteiger charge is -2.07. The first kappa shape index (κ1) is 15.1. The third-order valence-corrected chi connectivity index (χ3v) is 3.22. The zero-order valence-corrected chi connectivity index (χ0v) is 11.7. The van der Waals surface area contributed by atoms with E-state index in [1.54, 1.807) is 12.1 Å². The minimum absolute atomic E-state index is 0.132. The monoisotopic (exact) mass is 320 g/mol. The lowest BCUT2D eigenvalue weighted by molar-refractivity contribution is -0.137. The first-order chi connectivity index (χ1) is 10.9. The van der Waals surface area contributed by atoms with Crippen molar-refractivity contribution in [3.05, 3.63) is 76.2 Å². The molecule has 3 aromatic rings. The van der Waals surface area contributed by atoms with Crippen LogP contribution in [0.25, 0.3) is 11.3 Å². The van der Waals surface area contributed by atoms with Gasteiger partial charge in [0.05, 0.1) is 11.8 Å². The van der Waals surface area contributed by atoms with Crippen LogP contribution in [0.2, 0.25) is 0 Å². The van der Waals surface area contributed by atoms with Gasteiger partial charge in [0.25, 0.3) is 0 Å². The van der Waals surface area contributed by atoms with Crippen molar-refractivity contribution in [1.29, 1.82) is 0 Å². The molecule has 1 aromatic carbocycles. The average Bonchev–Trinajstić information content (AvgIpc) is 2.95. The van der Waals surface area contributed by atoms with Gasteiger partial charge in [-0.25, -0.2) is 4.98 Å². The fourth-order valence-corrected chi connectivity index (χ4v) is 2.16. The largest absolute Gasteiger partial charge is 0.440 e. The van der Waals surface area contributed by atoms with Gasteiger partial charge in [-0.2, -0.15) is 13.2 Å². The maximum absolute atomic E-state index is 12.7. The number of rotatable bonds is 3. The number of benzene rings is 1. The van der Waals surface area contributed by atoms with Crippen molar-refractivity contribution in [2.24, 2.45) is 0 Å². The summed E-state index contributed by atoms with van der Waals surface area (Å²) in [4.78, 5) is 17.8. The fraction of sp³-hybridized carbons (Fsp3) is 0.125. The number of hydrogen-bond acceptors (Lipinski definition) is 3. The molecule has 7 heteroatoms. The first-order valence-electron chi connectivity index (χ1n) is 6.72. The van der Waals surface area contributed by atoms with Crippen molar-refractivity contribution in [3.8, 4) is 11.3 Å². The van der Waals surface area contributed by atoms with Gasteiger partial charge >= 0.3 is 6.18 Å². The Labute approximate surface area is 128 Å². The number of aromatic nitrogens is 2. The second kappa shape index (κ2) is 5.75. The molecule has 0 aliphatic carbocycles. The van der Waals surface area contributed by atoms with Crippen LogP contribution in [0.5, 0.6) is 0 Å². The van der Waals surface area contributed by atoms with Gasteiger partial charge in [0.2, 0.25) is 5.56 Å². The molecule has 0 spiro atoms. The first-order valence-corrected chi connectivity index (χ1v) is 6.72. The maximum atomic E-state index is 12.7. The van der Waals surface area contributed by atoms with Crippen LogP contribution in [0.1, 0.15) is 17.0 Å². The number of H-pyrrole nitrogens is 1. The molecule has 0 fully saturated rings. The Morgan fingerprint density at radius 1 is 1.17 bits per heavy atom. The number of alkyl halides is 3. The van der Waals surface area contributed by atoms with Crippen molar-refractivity contribution >= 4 is 0 Å². The summed E-state index contributed by atoms with van der Waals surface area (Å²) in [5.74, 6) is 0.665. The quantitative estimate of drug-likeness (QED) is 0.801. The number of halogens is 3. The second-order valence-corrected chi connectivity index (χ2v) is 4.93. The van der Waals surface area contributed by atoms with Crippen LogP contribution >= 0.6 is 0 Å². The molecule has 118 valence electrons. The van der Waals surface area contributed by atoms with Crippen molar-refractivity contribution in [1.82, 2.24) is 9.97 Å². The molecule has 0 amide bonds. The van der Waals surface area contributed by atoms with E-state index in [1.165, 1.54) is 24.5 Å². The summed E-state index contributed by atoms with van der Waals surface area (Å²) in [5, 5.41) is 0. The van der Waals surface area contributed by atoms with Gasteiger partial charge in [-0.3, -0.25) is 4.79 Å². The van der Waals surface area contributed by atoms with E-state index in [9.17, 15) is 18.0 Å². The molecule has 0 unspecified atom stereocenters. The van der Waals surface area contributed by atoms with Crippen molar-refractivity contribution < 1.29 is 17.6 Å². The second-order valence-electron chi connectivity index (χ2n) is 4.93. The van der Waals surface area contributed by atoms with E-state index >= 15 is 0 Å². The van der Waals surface area contributed by atoms with Gasteiger partial charge < -0.3 is 9.40 Å². The Bertz CT molecular complexity index is 881. The summed E-state index contributed by atoms with van der Waals surface area (Å²) in [7, 11) is 0. The Kier molecular flexibility index (Phi) is 3.77. The standard InChI is InChI=1S/C16H11F3N2O2/c17-16(18,19)12-3-1-2-10(6-12)7-15-21-9-13(23-15)11-4-5-20-14(22)8-11/h1-6,8-9H,7H2,(H,20,22). The topological polar surface area (TPSA) is 58.9 Å². The minimum Gasteiger partial charge on any atom is -0.440 e. The van der Waals surface area contributed by atoms with E-state index in [0.29, 0.717) is 16.9 Å². The van der Waals surface area contributed by atoms with Crippen LogP contribution < -0.4 is 5.56 Å². The zero-order valence-electron chi connectivity index (χ0n) is 11.7. The summed E-state index contributed by atoms with van der Waals surface area (Å²) < 4.78 is 43.6. The van der Waals surface area contributed by atoms with Gasteiger partial charge in [-0.05, 0) is 17.7 Å². The highest BCUT2D eigenvalue weighted by atomic mass is 19.4. The number of nitrogens with one attached hydrogen (secondary N) is 1. The summed E-state index contributed by atoms with van der Waals surface area (Å²) in [6.45, 7) is 0. The number of nitrogens with zero attached hydrogens (tertiary/aromatic N) is 1. The lowest BCUT2D eigenvalue weighted by Crippen LogP contribution is -2.05. The third kappa shape index (κ3) is 3.50. The molecule has 0 saturated carbocycles. The Balaban J connectivity index is 1.84. The van der Waals surface area contributed by atoms with Crippen LogP contribution in [0.4, 0.5) is 13.2 Å².